The van der Waals surface area contributed by atoms with E-state index in [0.29, 0.717) is 28.1 Å². The number of carbonyl (C=O) groups is 1. The van der Waals surface area contributed by atoms with E-state index in [2.05, 4.69) is 20.4 Å². The van der Waals surface area contributed by atoms with E-state index in [1.165, 1.54) is 55.6 Å². The first-order valence-corrected chi connectivity index (χ1v) is 14.7. The fourth-order valence-corrected chi connectivity index (χ4v) is 6.66. The van der Waals surface area contributed by atoms with E-state index < -0.39 is 16.6 Å². The summed E-state index contributed by atoms with van der Waals surface area (Å²) >= 11 is 1.40. The van der Waals surface area contributed by atoms with Crippen LogP contribution in [0.5, 0.6) is 5.75 Å². The van der Waals surface area contributed by atoms with Crippen molar-refractivity contribution < 1.29 is 14.3 Å². The molecule has 2 heterocycles. The van der Waals surface area contributed by atoms with Crippen LogP contribution in [0, 0.1) is 5.82 Å². The van der Waals surface area contributed by atoms with Crippen molar-refractivity contribution in [3.05, 3.63) is 80.4 Å². The van der Waals surface area contributed by atoms with Gasteiger partial charge in [-0.1, -0.05) is 30.6 Å². The van der Waals surface area contributed by atoms with Crippen LogP contribution >= 0.6 is 11.3 Å². The highest BCUT2D eigenvalue weighted by Crippen LogP contribution is 2.39. The zero-order valence-corrected chi connectivity index (χ0v) is 23.2. The van der Waals surface area contributed by atoms with E-state index in [9.17, 15) is 23.9 Å². The van der Waals surface area contributed by atoms with Gasteiger partial charge in [0.25, 0.3) is 16.8 Å². The zero-order chi connectivity index (χ0) is 28.5. The number of hydrogen-bond donors (Lipinski definition) is 3. The minimum Gasteiger partial charge on any atom is -0.502 e. The van der Waals surface area contributed by atoms with Crippen LogP contribution in [0.15, 0.2) is 58.1 Å². The Labute approximate surface area is 240 Å². The van der Waals surface area contributed by atoms with E-state index in [0.717, 1.165) is 36.7 Å². The van der Waals surface area contributed by atoms with Gasteiger partial charge in [-0.05, 0) is 61.4 Å². The number of benzene rings is 2. The largest absolute Gasteiger partial charge is 0.502 e. The number of amides is 1. The minimum atomic E-state index is -0.919. The Morgan fingerprint density at radius 3 is 2.27 bits per heavy atom. The quantitative estimate of drug-likeness (QED) is 0.272. The summed E-state index contributed by atoms with van der Waals surface area (Å²) in [7, 11) is 0. The lowest BCUT2D eigenvalue weighted by atomic mass is 9.94. The van der Waals surface area contributed by atoms with Gasteiger partial charge in [-0.15, -0.1) is 0 Å². The maximum atomic E-state index is 13.7. The van der Waals surface area contributed by atoms with Gasteiger partial charge >= 0.3 is 0 Å². The Hall–Kier alpha value is -4.09. The molecule has 212 valence electrons. The van der Waals surface area contributed by atoms with Crippen molar-refractivity contribution in [2.24, 2.45) is 0 Å². The molecule has 0 bridgehead atoms. The monoisotopic (exact) mass is 575 g/mol. The number of aromatic nitrogens is 1. The highest BCUT2D eigenvalue weighted by Gasteiger charge is 2.28. The third kappa shape index (κ3) is 5.59. The average Bonchev–Trinajstić information content (AvgIpc) is 3.44. The van der Waals surface area contributed by atoms with Crippen LogP contribution in [-0.4, -0.2) is 53.1 Å². The first kappa shape index (κ1) is 27.1. The van der Waals surface area contributed by atoms with Crippen molar-refractivity contribution >= 4 is 38.8 Å². The number of piperazine rings is 1. The van der Waals surface area contributed by atoms with Crippen molar-refractivity contribution in [3.63, 3.8) is 0 Å². The molecule has 0 atom stereocenters. The zero-order valence-electron chi connectivity index (χ0n) is 22.4. The number of rotatable bonds is 7. The fraction of sp³-hybridized carbons (Fsp3) is 0.333. The van der Waals surface area contributed by atoms with Crippen LogP contribution in [0.1, 0.15) is 42.5 Å². The second-order valence-electron chi connectivity index (χ2n) is 10.5. The van der Waals surface area contributed by atoms with E-state index in [-0.39, 0.29) is 17.4 Å². The summed E-state index contributed by atoms with van der Waals surface area (Å²) in [5, 5.41) is 16.5. The van der Waals surface area contributed by atoms with Crippen LogP contribution in [0.3, 0.4) is 0 Å². The Morgan fingerprint density at radius 2 is 1.61 bits per heavy atom. The summed E-state index contributed by atoms with van der Waals surface area (Å²) in [6, 6.07) is 13.2. The third-order valence-electron chi connectivity index (χ3n) is 7.94. The van der Waals surface area contributed by atoms with Crippen LogP contribution in [-0.2, 0) is 0 Å². The molecule has 41 heavy (non-hydrogen) atoms. The smallest absolute Gasteiger partial charge is 0.271 e. The van der Waals surface area contributed by atoms with Gasteiger partial charge in [0, 0.05) is 49.0 Å². The summed E-state index contributed by atoms with van der Waals surface area (Å²) < 4.78 is 13.7. The minimum absolute atomic E-state index is 0.157. The number of carbonyl (C=O) groups excluding carboxylic acids is 1. The third-order valence-corrected chi connectivity index (χ3v) is 8.97. The fourth-order valence-electron chi connectivity index (χ4n) is 5.63. The van der Waals surface area contributed by atoms with Crippen molar-refractivity contribution in [2.45, 2.75) is 38.1 Å². The molecule has 2 fully saturated rings. The van der Waals surface area contributed by atoms with Crippen molar-refractivity contribution in [2.75, 3.05) is 41.7 Å². The van der Waals surface area contributed by atoms with Crippen LogP contribution in [0.2, 0.25) is 0 Å². The molecule has 1 saturated carbocycles. The van der Waals surface area contributed by atoms with Gasteiger partial charge < -0.3 is 15.3 Å². The first-order chi connectivity index (χ1) is 19.9. The molecule has 1 aromatic heterocycles. The second-order valence-corrected chi connectivity index (χ2v) is 11.5. The Kier molecular flexibility index (Phi) is 7.55. The van der Waals surface area contributed by atoms with Gasteiger partial charge in [0.15, 0.2) is 10.9 Å². The molecule has 1 amide bonds. The number of thiazole rings is 1. The molecular weight excluding hydrogens is 545 g/mol. The molecule has 0 radical (unpaired) electrons. The summed E-state index contributed by atoms with van der Waals surface area (Å²) in [6.45, 7) is 3.66. The summed E-state index contributed by atoms with van der Waals surface area (Å²) in [4.78, 5) is 45.5. The Balaban J connectivity index is 1.18. The number of nitrogens with zero attached hydrogens (tertiary/aromatic N) is 3. The average molecular weight is 576 g/mol. The van der Waals surface area contributed by atoms with Crippen LogP contribution < -0.4 is 26.4 Å². The van der Waals surface area contributed by atoms with Crippen molar-refractivity contribution in [1.82, 2.24) is 9.88 Å². The lowest BCUT2D eigenvalue weighted by molar-refractivity contribution is 0.102. The number of halogens is 1. The molecule has 1 aliphatic heterocycles. The predicted molar refractivity (Wildman–Crippen MR) is 159 cm³/mol. The van der Waals surface area contributed by atoms with Gasteiger partial charge in [-0.3, -0.25) is 24.6 Å². The topological polar surface area (TPSA) is 115 Å². The molecule has 1 aliphatic carbocycles. The molecule has 1 saturated heterocycles. The molecule has 0 unspecified atom stereocenters. The number of hydrogen-bond acceptors (Lipinski definition) is 9. The molecule has 2 aliphatic rings. The van der Waals surface area contributed by atoms with Crippen molar-refractivity contribution in [3.8, 4) is 17.0 Å². The number of anilines is 4. The summed E-state index contributed by atoms with van der Waals surface area (Å²) in [5.74, 6) is -1.27. The maximum absolute atomic E-state index is 13.7. The van der Waals surface area contributed by atoms with Crippen molar-refractivity contribution in [1.29, 1.82) is 0 Å². The van der Waals surface area contributed by atoms with Gasteiger partial charge in [-0.2, -0.15) is 0 Å². The molecule has 0 spiro atoms. The molecule has 3 aromatic carbocycles. The van der Waals surface area contributed by atoms with E-state index in [1.807, 2.05) is 0 Å². The molecular formula is C30H30FN5O4S. The SMILES string of the molecule is O=C(Nc1nc(-c2ccc(F)cc2)c(N2CCN(C3CCCCC3)CC2)s1)c1ccc(Nc2c(O)c(=O)c2=O)cc1. The van der Waals surface area contributed by atoms with Crippen LogP contribution in [0.4, 0.5) is 25.9 Å². The molecule has 4 aromatic rings. The number of nitrogens with one attached hydrogen (secondary N) is 2. The van der Waals surface area contributed by atoms with Gasteiger partial charge in [0.2, 0.25) is 0 Å². The van der Waals surface area contributed by atoms with Gasteiger partial charge in [0.05, 0.1) is 0 Å². The molecule has 9 nitrogen and oxygen atoms in total. The Bertz CT molecular complexity index is 1610. The maximum Gasteiger partial charge on any atom is 0.271 e. The Morgan fingerprint density at radius 1 is 0.927 bits per heavy atom. The highest BCUT2D eigenvalue weighted by atomic mass is 32.1. The second kappa shape index (κ2) is 11.4. The van der Waals surface area contributed by atoms with E-state index in [4.69, 9.17) is 4.98 Å². The van der Waals surface area contributed by atoms with Crippen LogP contribution in [0.25, 0.3) is 11.3 Å². The molecule has 6 rings (SSSR count). The molecule has 11 heteroatoms. The summed E-state index contributed by atoms with van der Waals surface area (Å²) in [5.41, 5.74) is 0.454. The first-order valence-electron chi connectivity index (χ1n) is 13.8. The number of aromatic hydroxyl groups is 1. The lowest BCUT2D eigenvalue weighted by Gasteiger charge is -2.41. The van der Waals surface area contributed by atoms with Gasteiger partial charge in [0.1, 0.15) is 22.2 Å². The summed E-state index contributed by atoms with van der Waals surface area (Å²) in [6.07, 6.45) is 6.48. The van der Waals surface area contributed by atoms with Gasteiger partial charge in [-0.25, -0.2) is 9.37 Å². The normalized spacial score (nSPS) is 16.7. The predicted octanol–water partition coefficient (Wildman–Crippen LogP) is 4.70. The lowest BCUT2D eigenvalue weighted by Crippen LogP contribution is -2.50. The van der Waals surface area contributed by atoms with E-state index >= 15 is 0 Å². The molecule has 3 N–H and O–H groups in total. The van der Waals surface area contributed by atoms with E-state index in [1.54, 1.807) is 36.4 Å². The highest BCUT2D eigenvalue weighted by molar-refractivity contribution is 7.20. The standard InChI is InChI=1S/C30H30FN5O4S/c31-20-10-6-18(7-11-20)23-29(36-16-14-35(15-17-36)22-4-2-1-3-5-22)41-30(33-23)34-28(40)19-8-12-21(13-9-19)32-24-25(37)27(39)26(24)38/h6-13,22,32,37H,1-5,14-17H2,(H,33,34,40).